The van der Waals surface area contributed by atoms with Gasteiger partial charge in [0.25, 0.3) is 0 Å². The molecule has 1 rings (SSSR count). The second-order valence-electron chi connectivity index (χ2n) is 4.27. The maximum absolute atomic E-state index is 11.7. The SMILES string of the molecule is COc1ccc(C)cc1NC(=O)CCC(C)N.Cl. The molecule has 0 aliphatic rings. The summed E-state index contributed by atoms with van der Waals surface area (Å²) in [6.07, 6.45) is 1.11. The van der Waals surface area contributed by atoms with E-state index in [1.807, 2.05) is 32.0 Å². The Morgan fingerprint density at radius 3 is 2.72 bits per heavy atom. The molecule has 0 bridgehead atoms. The molecule has 1 aromatic rings. The van der Waals surface area contributed by atoms with Crippen LogP contribution in [0.4, 0.5) is 5.69 Å². The molecule has 1 unspecified atom stereocenters. The van der Waals surface area contributed by atoms with Crippen LogP contribution < -0.4 is 15.8 Å². The number of nitrogens with two attached hydrogens (primary N) is 1. The van der Waals surface area contributed by atoms with Crippen molar-refractivity contribution in [3.63, 3.8) is 0 Å². The van der Waals surface area contributed by atoms with E-state index in [1.54, 1.807) is 7.11 Å². The third-order valence-electron chi connectivity index (χ3n) is 2.46. The quantitative estimate of drug-likeness (QED) is 0.866. The molecule has 18 heavy (non-hydrogen) atoms. The van der Waals surface area contributed by atoms with Crippen LogP contribution in [0, 0.1) is 6.92 Å². The van der Waals surface area contributed by atoms with Gasteiger partial charge in [-0.05, 0) is 38.0 Å². The Bertz CT molecular complexity index is 395. The molecule has 1 aromatic carbocycles. The Labute approximate surface area is 114 Å². The van der Waals surface area contributed by atoms with Crippen LogP contribution in [0.2, 0.25) is 0 Å². The number of carbonyl (C=O) groups is 1. The maximum atomic E-state index is 11.7. The van der Waals surface area contributed by atoms with Crippen LogP contribution in [0.5, 0.6) is 5.75 Å². The normalized spacial score (nSPS) is 11.3. The third kappa shape index (κ3) is 5.38. The van der Waals surface area contributed by atoms with Gasteiger partial charge in [0.2, 0.25) is 5.91 Å². The van der Waals surface area contributed by atoms with Gasteiger partial charge in [-0.3, -0.25) is 4.79 Å². The minimum Gasteiger partial charge on any atom is -0.495 e. The Kier molecular flexibility index (Phi) is 7.39. The average molecular weight is 273 g/mol. The van der Waals surface area contributed by atoms with Crippen molar-refractivity contribution in [2.45, 2.75) is 32.7 Å². The molecule has 0 heterocycles. The van der Waals surface area contributed by atoms with E-state index in [2.05, 4.69) is 5.32 Å². The molecular weight excluding hydrogens is 252 g/mol. The molecule has 0 radical (unpaired) electrons. The molecule has 102 valence electrons. The Balaban J connectivity index is 0.00000289. The lowest BCUT2D eigenvalue weighted by Crippen LogP contribution is -2.19. The minimum absolute atomic E-state index is 0. The molecular formula is C13H21ClN2O2. The molecule has 1 atom stereocenters. The largest absolute Gasteiger partial charge is 0.495 e. The predicted molar refractivity (Wildman–Crippen MR) is 76.5 cm³/mol. The minimum atomic E-state index is -0.0359. The smallest absolute Gasteiger partial charge is 0.224 e. The summed E-state index contributed by atoms with van der Waals surface area (Å²) in [5, 5.41) is 2.84. The predicted octanol–water partition coefficient (Wildman–Crippen LogP) is 2.49. The van der Waals surface area contributed by atoms with Crippen molar-refractivity contribution in [3.05, 3.63) is 23.8 Å². The van der Waals surface area contributed by atoms with Gasteiger partial charge in [-0.25, -0.2) is 0 Å². The number of benzene rings is 1. The van der Waals surface area contributed by atoms with Crippen LogP contribution in [0.3, 0.4) is 0 Å². The summed E-state index contributed by atoms with van der Waals surface area (Å²) in [4.78, 5) is 11.7. The van der Waals surface area contributed by atoms with Crippen molar-refractivity contribution in [1.29, 1.82) is 0 Å². The van der Waals surface area contributed by atoms with Crippen molar-refractivity contribution in [3.8, 4) is 5.75 Å². The monoisotopic (exact) mass is 272 g/mol. The molecule has 3 N–H and O–H groups in total. The first-order valence-corrected chi connectivity index (χ1v) is 5.73. The summed E-state index contributed by atoms with van der Waals surface area (Å²) in [6, 6.07) is 5.72. The van der Waals surface area contributed by atoms with Gasteiger partial charge in [0.1, 0.15) is 5.75 Å². The highest BCUT2D eigenvalue weighted by atomic mass is 35.5. The lowest BCUT2D eigenvalue weighted by Gasteiger charge is -2.11. The summed E-state index contributed by atoms with van der Waals surface area (Å²) >= 11 is 0. The first-order valence-electron chi connectivity index (χ1n) is 5.73. The molecule has 0 aromatic heterocycles. The van der Waals surface area contributed by atoms with Crippen LogP contribution in [-0.4, -0.2) is 19.1 Å². The molecule has 1 amide bonds. The van der Waals surface area contributed by atoms with E-state index in [4.69, 9.17) is 10.5 Å². The lowest BCUT2D eigenvalue weighted by molar-refractivity contribution is -0.116. The lowest BCUT2D eigenvalue weighted by atomic mass is 10.1. The number of aryl methyl sites for hydroxylation is 1. The number of amides is 1. The first kappa shape index (κ1) is 16.7. The van der Waals surface area contributed by atoms with Crippen molar-refractivity contribution < 1.29 is 9.53 Å². The Hall–Kier alpha value is -1.26. The van der Waals surface area contributed by atoms with Crippen LogP contribution in [0.1, 0.15) is 25.3 Å². The van der Waals surface area contributed by atoms with E-state index in [9.17, 15) is 4.79 Å². The van der Waals surface area contributed by atoms with Crippen LogP contribution in [0.25, 0.3) is 0 Å². The summed E-state index contributed by atoms with van der Waals surface area (Å²) in [7, 11) is 1.59. The van der Waals surface area contributed by atoms with Gasteiger partial charge in [-0.15, -0.1) is 12.4 Å². The molecule has 0 saturated heterocycles. The van der Waals surface area contributed by atoms with E-state index >= 15 is 0 Å². The second-order valence-corrected chi connectivity index (χ2v) is 4.27. The fourth-order valence-electron chi connectivity index (χ4n) is 1.49. The van der Waals surface area contributed by atoms with E-state index in [1.165, 1.54) is 0 Å². The zero-order chi connectivity index (χ0) is 12.8. The fraction of sp³-hybridized carbons (Fsp3) is 0.462. The Morgan fingerprint density at radius 2 is 2.17 bits per heavy atom. The summed E-state index contributed by atoms with van der Waals surface area (Å²) < 4.78 is 5.19. The molecule has 0 aliphatic carbocycles. The topological polar surface area (TPSA) is 64.3 Å². The highest BCUT2D eigenvalue weighted by molar-refractivity contribution is 5.92. The van der Waals surface area contributed by atoms with E-state index in [-0.39, 0.29) is 24.4 Å². The first-order chi connectivity index (χ1) is 8.02. The van der Waals surface area contributed by atoms with Gasteiger partial charge in [0, 0.05) is 12.5 Å². The summed E-state index contributed by atoms with van der Waals surface area (Å²) in [6.45, 7) is 3.86. The standard InChI is InChI=1S/C13H20N2O2.ClH/c1-9-4-6-12(17-3)11(8-9)15-13(16)7-5-10(2)14;/h4,6,8,10H,5,7,14H2,1-3H3,(H,15,16);1H. The van der Waals surface area contributed by atoms with Crippen molar-refractivity contribution in [2.24, 2.45) is 5.73 Å². The van der Waals surface area contributed by atoms with Gasteiger partial charge >= 0.3 is 0 Å². The van der Waals surface area contributed by atoms with Gasteiger partial charge in [0.15, 0.2) is 0 Å². The highest BCUT2D eigenvalue weighted by Gasteiger charge is 2.08. The van der Waals surface area contributed by atoms with Crippen LogP contribution >= 0.6 is 12.4 Å². The fourth-order valence-corrected chi connectivity index (χ4v) is 1.49. The molecule has 4 nitrogen and oxygen atoms in total. The van der Waals surface area contributed by atoms with Crippen molar-refractivity contribution >= 4 is 24.0 Å². The van der Waals surface area contributed by atoms with E-state index in [0.29, 0.717) is 24.3 Å². The number of ether oxygens (including phenoxy) is 1. The van der Waals surface area contributed by atoms with Crippen LogP contribution in [-0.2, 0) is 4.79 Å². The maximum Gasteiger partial charge on any atom is 0.224 e. The van der Waals surface area contributed by atoms with Gasteiger partial charge in [-0.1, -0.05) is 6.07 Å². The molecule has 0 fully saturated rings. The number of carbonyl (C=O) groups excluding carboxylic acids is 1. The number of hydrogen-bond acceptors (Lipinski definition) is 3. The number of methoxy groups -OCH3 is 1. The zero-order valence-corrected chi connectivity index (χ0v) is 11.8. The third-order valence-corrected chi connectivity index (χ3v) is 2.46. The van der Waals surface area contributed by atoms with Gasteiger partial charge in [-0.2, -0.15) is 0 Å². The molecule has 5 heteroatoms. The van der Waals surface area contributed by atoms with Gasteiger partial charge in [0.05, 0.1) is 12.8 Å². The Morgan fingerprint density at radius 1 is 1.50 bits per heavy atom. The van der Waals surface area contributed by atoms with Gasteiger partial charge < -0.3 is 15.8 Å². The van der Waals surface area contributed by atoms with Crippen molar-refractivity contribution in [2.75, 3.05) is 12.4 Å². The van der Waals surface area contributed by atoms with E-state index in [0.717, 1.165) is 5.56 Å². The van der Waals surface area contributed by atoms with Crippen LogP contribution in [0.15, 0.2) is 18.2 Å². The average Bonchev–Trinajstić information content (AvgIpc) is 2.27. The molecule has 0 aliphatic heterocycles. The number of nitrogens with one attached hydrogen (secondary N) is 1. The number of hydrogen-bond donors (Lipinski definition) is 2. The van der Waals surface area contributed by atoms with Crippen molar-refractivity contribution in [1.82, 2.24) is 0 Å². The number of halogens is 1. The van der Waals surface area contributed by atoms with E-state index < -0.39 is 0 Å². The summed E-state index contributed by atoms with van der Waals surface area (Å²) in [5.41, 5.74) is 7.40. The molecule has 0 saturated carbocycles. The molecule has 0 spiro atoms. The number of anilines is 1. The number of rotatable bonds is 5. The second kappa shape index (κ2) is 7.95. The summed E-state index contributed by atoms with van der Waals surface area (Å²) in [5.74, 6) is 0.635. The highest BCUT2D eigenvalue weighted by Crippen LogP contribution is 2.25. The zero-order valence-electron chi connectivity index (χ0n) is 11.0.